The molecule has 0 radical (unpaired) electrons. The molecule has 1 aliphatic rings. The molecule has 5 atom stereocenters. The first-order chi connectivity index (χ1) is 24.7. The van der Waals surface area contributed by atoms with Crippen LogP contribution in [-0.2, 0) is 28.8 Å². The first-order valence-corrected chi connectivity index (χ1v) is 17.4. The van der Waals surface area contributed by atoms with Crippen molar-refractivity contribution in [2.24, 2.45) is 11.8 Å². The van der Waals surface area contributed by atoms with E-state index in [1.807, 2.05) is 27.7 Å². The summed E-state index contributed by atoms with van der Waals surface area (Å²) in [5, 5.41) is 73.4. The van der Waals surface area contributed by atoms with Gasteiger partial charge in [0.1, 0.15) is 35.2 Å². The van der Waals surface area contributed by atoms with Crippen molar-refractivity contribution >= 4 is 35.8 Å². The SMILES string of the molecule is CC(C)C(C(=O)O)N(C)C.CN(C)C(C)(C)C(=O)O.CN(C)C(CO)C(=O)O.CN(C)C1(C(=O)O)CC1.CNC(C(=O)O)C(C)C.CNC(C(=O)O)C(C)O. The van der Waals surface area contributed by atoms with E-state index in [-0.39, 0.29) is 24.5 Å². The van der Waals surface area contributed by atoms with Gasteiger partial charge in [0.25, 0.3) is 0 Å². The van der Waals surface area contributed by atoms with Gasteiger partial charge >= 0.3 is 35.8 Å². The third-order valence-corrected chi connectivity index (χ3v) is 8.44. The molecule has 0 aromatic heterocycles. The van der Waals surface area contributed by atoms with Crippen molar-refractivity contribution in [3.8, 4) is 0 Å². The fourth-order valence-corrected chi connectivity index (χ4v) is 4.04. The number of aliphatic hydroxyl groups excluding tert-OH is 2. The number of hydrogen-bond acceptors (Lipinski definition) is 14. The van der Waals surface area contributed by atoms with Gasteiger partial charge in [0.15, 0.2) is 0 Å². The predicted octanol–water partition coefficient (Wildman–Crippen LogP) is -0.418. The van der Waals surface area contributed by atoms with E-state index < -0.39 is 71.1 Å². The van der Waals surface area contributed by atoms with Crippen molar-refractivity contribution in [2.75, 3.05) is 77.1 Å². The zero-order valence-corrected chi connectivity index (χ0v) is 36.0. The van der Waals surface area contributed by atoms with E-state index >= 15 is 0 Å². The number of nitrogens with zero attached hydrogens (tertiary/aromatic N) is 4. The Kier molecular flexibility index (Phi) is 32.8. The second-order valence-corrected chi connectivity index (χ2v) is 14.7. The van der Waals surface area contributed by atoms with Gasteiger partial charge in [-0.15, -0.1) is 0 Å². The van der Waals surface area contributed by atoms with Crippen molar-refractivity contribution in [3.05, 3.63) is 0 Å². The zero-order valence-electron chi connectivity index (χ0n) is 36.0. The van der Waals surface area contributed by atoms with Crippen LogP contribution >= 0.6 is 0 Å². The molecule has 0 spiro atoms. The Morgan fingerprint density at radius 2 is 1.02 bits per heavy atom. The molecule has 0 aromatic rings. The molecule has 1 saturated carbocycles. The molecule has 20 nitrogen and oxygen atoms in total. The Labute approximate surface area is 327 Å². The van der Waals surface area contributed by atoms with E-state index in [4.69, 9.17) is 40.9 Å². The van der Waals surface area contributed by atoms with E-state index in [0.717, 1.165) is 12.8 Å². The Morgan fingerprint density at radius 1 is 0.636 bits per heavy atom. The molecule has 1 aliphatic carbocycles. The Balaban J connectivity index is -0.000000182. The predicted molar refractivity (Wildman–Crippen MR) is 208 cm³/mol. The number of carboxylic acid groups (broad SMARTS) is 6. The van der Waals surface area contributed by atoms with E-state index in [1.54, 1.807) is 92.0 Å². The molecule has 0 aliphatic heterocycles. The van der Waals surface area contributed by atoms with Crippen LogP contribution in [-0.4, -0.2) is 215 Å². The summed E-state index contributed by atoms with van der Waals surface area (Å²) in [6.45, 7) is 11.9. The molecule has 10 N–H and O–H groups in total. The van der Waals surface area contributed by atoms with Crippen LogP contribution in [0.3, 0.4) is 0 Å². The van der Waals surface area contributed by atoms with Crippen LogP contribution in [0.15, 0.2) is 0 Å². The number of carboxylic acids is 6. The van der Waals surface area contributed by atoms with Crippen molar-refractivity contribution < 1.29 is 69.6 Å². The minimum Gasteiger partial charge on any atom is -0.480 e. The number of likely N-dealkylation sites (N-methyl/N-ethyl adjacent to an activating group) is 6. The molecule has 0 heterocycles. The summed E-state index contributed by atoms with van der Waals surface area (Å²) in [4.78, 5) is 68.7. The second kappa shape index (κ2) is 29.7. The Morgan fingerprint density at radius 3 is 1.02 bits per heavy atom. The molecule has 0 amide bonds. The molecular weight excluding hydrogens is 728 g/mol. The zero-order chi connectivity index (χ0) is 45.4. The lowest BCUT2D eigenvalue weighted by atomic mass is 10.0. The maximum atomic E-state index is 10.5. The van der Waals surface area contributed by atoms with E-state index in [0.29, 0.717) is 0 Å². The highest BCUT2D eigenvalue weighted by molar-refractivity contribution is 5.82. The van der Waals surface area contributed by atoms with Gasteiger partial charge in [0.2, 0.25) is 0 Å². The van der Waals surface area contributed by atoms with Crippen LogP contribution in [0.4, 0.5) is 0 Å². The highest BCUT2D eigenvalue weighted by Gasteiger charge is 2.52. The van der Waals surface area contributed by atoms with Crippen molar-refractivity contribution in [1.29, 1.82) is 0 Å². The van der Waals surface area contributed by atoms with Crippen molar-refractivity contribution in [2.45, 2.75) is 103 Å². The van der Waals surface area contributed by atoms with Crippen molar-refractivity contribution in [1.82, 2.24) is 30.2 Å². The van der Waals surface area contributed by atoms with Gasteiger partial charge in [0, 0.05) is 0 Å². The van der Waals surface area contributed by atoms with Crippen LogP contribution in [0, 0.1) is 11.8 Å². The lowest BCUT2D eigenvalue weighted by Gasteiger charge is -2.27. The number of aliphatic carboxylic acids is 6. The maximum Gasteiger partial charge on any atom is 0.324 e. The minimum absolute atomic E-state index is 0.146. The summed E-state index contributed by atoms with van der Waals surface area (Å²) in [6.07, 6.45) is 0.748. The first-order valence-electron chi connectivity index (χ1n) is 17.4. The maximum absolute atomic E-state index is 10.5. The topological polar surface area (TPSA) is 301 Å². The standard InChI is InChI=1S/C7H15NO2.C6H11NO2.2C6H13NO2.2C5H11NO3/c1-5(2)6(7(9)10)8(3)4;1-7(2)6(3-4-6)5(8)9;1-6(2,5(8)9)7(3)4;1-4(2)5(7-3)6(8)9;1-6(2)4(3-7)5(8)9;1-3(7)4(6-2)5(8)9/h5-6H,1-4H3,(H,9,10);3-4H2,1-2H3,(H,8,9);1-4H3,(H,8,9);4-5,7H,1-3H3,(H,8,9);4,7H,3H2,1-2H3,(H,8,9);3-4,6-7H,1-2H3,(H,8,9). The average Bonchev–Trinajstić information content (AvgIpc) is 3.81. The molecule has 20 heteroatoms. The highest BCUT2D eigenvalue weighted by atomic mass is 16.4. The van der Waals surface area contributed by atoms with Crippen LogP contribution in [0.25, 0.3) is 0 Å². The van der Waals surface area contributed by atoms with Crippen LogP contribution in [0.1, 0.15) is 61.3 Å². The molecule has 0 saturated heterocycles. The summed E-state index contributed by atoms with van der Waals surface area (Å²) < 4.78 is 0. The first kappa shape index (κ1) is 60.7. The molecule has 5 unspecified atom stereocenters. The second-order valence-electron chi connectivity index (χ2n) is 14.7. The lowest BCUT2D eigenvalue weighted by Crippen LogP contribution is -2.45. The molecule has 0 aromatic carbocycles. The van der Waals surface area contributed by atoms with E-state index in [9.17, 15) is 28.8 Å². The Hall–Kier alpha value is -3.50. The quantitative estimate of drug-likeness (QED) is 0.0948. The van der Waals surface area contributed by atoms with Gasteiger partial charge in [-0.2, -0.15) is 0 Å². The minimum atomic E-state index is -1.03. The third-order valence-electron chi connectivity index (χ3n) is 8.44. The lowest BCUT2D eigenvalue weighted by molar-refractivity contribution is -0.148. The molecule has 1 fully saturated rings. The van der Waals surface area contributed by atoms with Gasteiger partial charge in [0.05, 0.1) is 12.7 Å². The Bertz CT molecular complexity index is 1040. The number of hydrogen-bond donors (Lipinski definition) is 10. The van der Waals surface area contributed by atoms with Gasteiger partial charge in [-0.05, 0) is 116 Å². The van der Waals surface area contributed by atoms with Gasteiger partial charge in [-0.1, -0.05) is 27.7 Å². The monoisotopic (exact) mass is 803 g/mol. The summed E-state index contributed by atoms with van der Waals surface area (Å²) in [6, 6.07) is -2.40. The average molecular weight is 803 g/mol. The van der Waals surface area contributed by atoms with E-state index in [2.05, 4.69) is 10.6 Å². The summed E-state index contributed by atoms with van der Waals surface area (Å²) in [5.74, 6) is -4.75. The van der Waals surface area contributed by atoms with E-state index in [1.165, 1.54) is 18.9 Å². The van der Waals surface area contributed by atoms with Gasteiger partial charge in [-0.25, -0.2) is 0 Å². The smallest absolute Gasteiger partial charge is 0.324 e. The van der Waals surface area contributed by atoms with Gasteiger partial charge in [-0.3, -0.25) is 48.4 Å². The molecule has 328 valence electrons. The third kappa shape index (κ3) is 26.1. The van der Waals surface area contributed by atoms with Crippen LogP contribution < -0.4 is 10.6 Å². The summed E-state index contributed by atoms with van der Waals surface area (Å²) >= 11 is 0. The molecular formula is C35H74N6O14. The molecule has 55 heavy (non-hydrogen) atoms. The largest absolute Gasteiger partial charge is 0.480 e. The highest BCUT2D eigenvalue weighted by Crippen LogP contribution is 2.39. The number of nitrogens with one attached hydrogen (secondary N) is 2. The van der Waals surface area contributed by atoms with Crippen molar-refractivity contribution in [3.63, 3.8) is 0 Å². The fourth-order valence-electron chi connectivity index (χ4n) is 4.04. The number of aliphatic hydroxyl groups is 2. The molecule has 0 bridgehead atoms. The van der Waals surface area contributed by atoms with Crippen LogP contribution in [0.5, 0.6) is 0 Å². The fraction of sp³-hybridized carbons (Fsp3) is 0.829. The van der Waals surface area contributed by atoms with Gasteiger partial charge < -0.3 is 51.5 Å². The van der Waals surface area contributed by atoms with Crippen LogP contribution in [0.2, 0.25) is 0 Å². The number of carbonyl (C=O) groups is 6. The summed E-state index contributed by atoms with van der Waals surface area (Å²) in [5.41, 5.74) is -1.25. The number of rotatable bonds is 16. The summed E-state index contributed by atoms with van der Waals surface area (Å²) in [7, 11) is 17.0. The molecule has 1 rings (SSSR count). The normalized spacial score (nSPS) is 15.4.